The first kappa shape index (κ1) is 12.5. The zero-order valence-corrected chi connectivity index (χ0v) is 8.76. The summed E-state index contributed by atoms with van der Waals surface area (Å²) < 4.78 is 4.36. The van der Waals surface area contributed by atoms with Gasteiger partial charge in [-0.3, -0.25) is 0 Å². The Labute approximate surface area is 88.9 Å². The van der Waals surface area contributed by atoms with Gasteiger partial charge in [0.15, 0.2) is 0 Å². The first-order valence-electron chi connectivity index (χ1n) is 3.72. The lowest BCUT2D eigenvalue weighted by Gasteiger charge is -1.85. The van der Waals surface area contributed by atoms with E-state index in [4.69, 9.17) is 23.2 Å². The highest BCUT2D eigenvalue weighted by atomic mass is 35.5. The number of hydrogen-bond donors (Lipinski definition) is 0. The van der Waals surface area contributed by atoms with Crippen LogP contribution in [0.1, 0.15) is 5.56 Å². The van der Waals surface area contributed by atoms with Gasteiger partial charge in [-0.25, -0.2) is 0 Å². The Hall–Kier alpha value is -0.500. The summed E-state index contributed by atoms with van der Waals surface area (Å²) in [6.45, 7) is 3.63. The van der Waals surface area contributed by atoms with Crippen LogP contribution in [0.4, 0.5) is 0 Å². The van der Waals surface area contributed by atoms with Crippen molar-refractivity contribution >= 4 is 29.3 Å². The standard InChI is InChI=1S/C8H8.C2H4Cl2O/c1-2-8-6-4-3-5-7-8;3-1-5-2-4/h2-7H,1H2;1-2H2. The maximum atomic E-state index is 4.99. The van der Waals surface area contributed by atoms with E-state index in [2.05, 4.69) is 11.3 Å². The van der Waals surface area contributed by atoms with E-state index in [1.54, 1.807) is 0 Å². The van der Waals surface area contributed by atoms with Crippen LogP contribution in [0.5, 0.6) is 0 Å². The first-order valence-corrected chi connectivity index (χ1v) is 4.79. The molecule has 0 radical (unpaired) electrons. The fourth-order valence-corrected chi connectivity index (χ4v) is 0.852. The molecule has 0 unspecified atom stereocenters. The number of benzene rings is 1. The number of alkyl halides is 2. The second-order valence-electron chi connectivity index (χ2n) is 2.04. The lowest BCUT2D eigenvalue weighted by atomic mass is 10.2. The minimum Gasteiger partial charge on any atom is -0.350 e. The zero-order chi connectivity index (χ0) is 9.94. The van der Waals surface area contributed by atoms with E-state index in [0.29, 0.717) is 0 Å². The third-order valence-electron chi connectivity index (χ3n) is 1.19. The molecule has 0 aromatic heterocycles. The third kappa shape index (κ3) is 7.85. The van der Waals surface area contributed by atoms with Crippen molar-refractivity contribution in [3.8, 4) is 0 Å². The van der Waals surface area contributed by atoms with E-state index in [1.807, 2.05) is 36.4 Å². The molecule has 0 fully saturated rings. The molecule has 0 atom stereocenters. The fraction of sp³-hybridized carbons (Fsp3) is 0.200. The Morgan fingerprint density at radius 1 is 1.15 bits per heavy atom. The van der Waals surface area contributed by atoms with Gasteiger partial charge in [-0.05, 0) is 5.56 Å². The Kier molecular flexibility index (Phi) is 9.22. The van der Waals surface area contributed by atoms with Crippen LogP contribution >= 0.6 is 23.2 Å². The van der Waals surface area contributed by atoms with Crippen molar-refractivity contribution in [2.45, 2.75) is 0 Å². The van der Waals surface area contributed by atoms with Crippen molar-refractivity contribution in [3.63, 3.8) is 0 Å². The van der Waals surface area contributed by atoms with Gasteiger partial charge >= 0.3 is 0 Å². The molecule has 1 aromatic rings. The molecule has 0 heterocycles. The second kappa shape index (κ2) is 9.59. The van der Waals surface area contributed by atoms with Crippen molar-refractivity contribution in [1.82, 2.24) is 0 Å². The average Bonchev–Trinajstić information content (AvgIpc) is 2.21. The molecule has 0 spiro atoms. The van der Waals surface area contributed by atoms with Gasteiger partial charge in [-0.2, -0.15) is 0 Å². The molecule has 3 heteroatoms. The number of rotatable bonds is 3. The largest absolute Gasteiger partial charge is 0.350 e. The van der Waals surface area contributed by atoms with Crippen molar-refractivity contribution in [3.05, 3.63) is 42.5 Å². The molecule has 1 rings (SSSR count). The summed E-state index contributed by atoms with van der Waals surface area (Å²) in [6.07, 6.45) is 1.83. The molecule has 1 nitrogen and oxygen atoms in total. The average molecular weight is 219 g/mol. The van der Waals surface area contributed by atoms with Gasteiger partial charge in [0.05, 0.1) is 0 Å². The van der Waals surface area contributed by atoms with E-state index in [1.165, 1.54) is 5.56 Å². The van der Waals surface area contributed by atoms with Crippen LogP contribution in [0, 0.1) is 0 Å². The lowest BCUT2D eigenvalue weighted by Crippen LogP contribution is -1.78. The van der Waals surface area contributed by atoms with Gasteiger partial charge in [-0.1, -0.05) is 66.2 Å². The van der Waals surface area contributed by atoms with Crippen LogP contribution < -0.4 is 0 Å². The maximum absolute atomic E-state index is 4.99. The van der Waals surface area contributed by atoms with E-state index in [0.717, 1.165) is 0 Å². The quantitative estimate of drug-likeness (QED) is 0.704. The molecule has 0 aliphatic carbocycles. The molecular formula is C10H12Cl2O. The number of hydrogen-bond acceptors (Lipinski definition) is 1. The highest BCUT2D eigenvalue weighted by molar-refractivity contribution is 6.18. The van der Waals surface area contributed by atoms with E-state index in [9.17, 15) is 0 Å². The summed E-state index contributed by atoms with van der Waals surface area (Å²) >= 11 is 9.99. The van der Waals surface area contributed by atoms with Gasteiger partial charge in [-0.15, -0.1) is 0 Å². The molecule has 0 aliphatic rings. The lowest BCUT2D eigenvalue weighted by molar-refractivity contribution is 0.232. The Morgan fingerprint density at radius 2 is 1.69 bits per heavy atom. The third-order valence-corrected chi connectivity index (χ3v) is 1.50. The fourth-order valence-electron chi connectivity index (χ4n) is 0.618. The molecule has 1 aromatic carbocycles. The predicted molar refractivity (Wildman–Crippen MR) is 59.1 cm³/mol. The first-order chi connectivity index (χ1) is 6.35. The molecule has 0 aliphatic heterocycles. The summed E-state index contributed by atoms with van der Waals surface area (Å²) in [4.78, 5) is 0. The van der Waals surface area contributed by atoms with Crippen LogP contribution in [0.3, 0.4) is 0 Å². The van der Waals surface area contributed by atoms with Gasteiger partial charge < -0.3 is 4.74 Å². The Balaban J connectivity index is 0.000000252. The normalized spacial score (nSPS) is 8.46. The maximum Gasteiger partial charge on any atom is 0.122 e. The summed E-state index contributed by atoms with van der Waals surface area (Å²) in [6, 6.07) is 10.4. The van der Waals surface area contributed by atoms with Crippen molar-refractivity contribution in [2.24, 2.45) is 0 Å². The summed E-state index contributed by atoms with van der Waals surface area (Å²) in [5.74, 6) is 0. The summed E-state index contributed by atoms with van der Waals surface area (Å²) in [5.41, 5.74) is 1.17. The van der Waals surface area contributed by atoms with Crippen molar-refractivity contribution in [1.29, 1.82) is 0 Å². The van der Waals surface area contributed by atoms with Crippen LogP contribution in [0.25, 0.3) is 6.08 Å². The van der Waals surface area contributed by atoms with Crippen molar-refractivity contribution < 1.29 is 4.74 Å². The molecule has 72 valence electrons. The Morgan fingerprint density at radius 3 is 1.92 bits per heavy atom. The second-order valence-corrected chi connectivity index (χ2v) is 2.47. The molecule has 0 saturated heterocycles. The zero-order valence-electron chi connectivity index (χ0n) is 7.25. The summed E-state index contributed by atoms with van der Waals surface area (Å²) in [5, 5.41) is 0. The molecule has 13 heavy (non-hydrogen) atoms. The minimum absolute atomic E-state index is 0.184. The van der Waals surface area contributed by atoms with E-state index >= 15 is 0 Å². The number of ether oxygens (including phenoxy) is 1. The molecule has 0 saturated carbocycles. The van der Waals surface area contributed by atoms with Crippen LogP contribution in [-0.4, -0.2) is 12.1 Å². The monoisotopic (exact) mass is 218 g/mol. The highest BCUT2D eigenvalue weighted by Gasteiger charge is 1.75. The predicted octanol–water partition coefficient (Wildman–Crippen LogP) is 3.73. The molecular weight excluding hydrogens is 207 g/mol. The van der Waals surface area contributed by atoms with Crippen LogP contribution in [0.15, 0.2) is 36.9 Å². The van der Waals surface area contributed by atoms with Gasteiger partial charge in [0, 0.05) is 0 Å². The molecule has 0 amide bonds. The van der Waals surface area contributed by atoms with E-state index in [-0.39, 0.29) is 12.1 Å². The van der Waals surface area contributed by atoms with Crippen LogP contribution in [0.2, 0.25) is 0 Å². The van der Waals surface area contributed by atoms with Crippen LogP contribution in [-0.2, 0) is 4.74 Å². The topological polar surface area (TPSA) is 9.23 Å². The molecule has 0 bridgehead atoms. The van der Waals surface area contributed by atoms with Crippen molar-refractivity contribution in [2.75, 3.05) is 12.1 Å². The highest BCUT2D eigenvalue weighted by Crippen LogP contribution is 1.97. The smallest absolute Gasteiger partial charge is 0.122 e. The summed E-state index contributed by atoms with van der Waals surface area (Å²) in [7, 11) is 0. The van der Waals surface area contributed by atoms with Gasteiger partial charge in [0.2, 0.25) is 0 Å². The van der Waals surface area contributed by atoms with Gasteiger partial charge in [0.1, 0.15) is 12.1 Å². The van der Waals surface area contributed by atoms with E-state index < -0.39 is 0 Å². The minimum atomic E-state index is 0.184. The van der Waals surface area contributed by atoms with Gasteiger partial charge in [0.25, 0.3) is 0 Å². The SMILES string of the molecule is C=Cc1ccccc1.ClCOCCl. The molecule has 0 N–H and O–H groups in total. The Bertz CT molecular complexity index is 209. The number of halogens is 2.